The first kappa shape index (κ1) is 25.4. The highest BCUT2D eigenvalue weighted by molar-refractivity contribution is 5.95. The molecule has 188 valence electrons. The monoisotopic (exact) mass is 505 g/mol. The van der Waals surface area contributed by atoms with Crippen LogP contribution in [0.25, 0.3) is 0 Å². The number of fused-ring (bicyclic) bond motifs is 1. The summed E-state index contributed by atoms with van der Waals surface area (Å²) in [6.07, 6.45) is -4.71. The van der Waals surface area contributed by atoms with Crippen molar-refractivity contribution in [3.05, 3.63) is 93.0 Å². The number of carbonyl (C=O) groups excluding carboxylic acids is 1. The van der Waals surface area contributed by atoms with Gasteiger partial charge < -0.3 is 16.2 Å². The second-order valence-corrected chi connectivity index (χ2v) is 8.90. The Morgan fingerprint density at radius 1 is 1.19 bits per heavy atom. The molecule has 5 N–H and O–H groups in total. The SMILES string of the molecule is Cc1[nH]nc2c1C(c1cc(C#Cc3ccccc3C(N)=O)cc(C(F)(F)F)c1)(C(C)C)C(C#N)=C(N)O2. The Kier molecular flexibility index (Phi) is 6.22. The van der Waals surface area contributed by atoms with E-state index in [1.807, 2.05) is 0 Å². The minimum absolute atomic E-state index is 0.0224. The zero-order valence-corrected chi connectivity index (χ0v) is 20.1. The number of alkyl halides is 3. The van der Waals surface area contributed by atoms with Crippen molar-refractivity contribution in [2.75, 3.05) is 0 Å². The number of nitrogens with zero attached hydrogens (tertiary/aromatic N) is 2. The van der Waals surface area contributed by atoms with Crippen LogP contribution in [0.15, 0.2) is 53.9 Å². The van der Waals surface area contributed by atoms with E-state index in [4.69, 9.17) is 16.2 Å². The lowest BCUT2D eigenvalue weighted by Crippen LogP contribution is -2.41. The Hall–Kier alpha value is -4.70. The second-order valence-electron chi connectivity index (χ2n) is 8.90. The number of hydrogen-bond donors (Lipinski definition) is 3. The smallest absolute Gasteiger partial charge is 0.416 e. The van der Waals surface area contributed by atoms with Crippen molar-refractivity contribution in [2.45, 2.75) is 32.4 Å². The number of primary amides is 1. The summed E-state index contributed by atoms with van der Waals surface area (Å²) in [5.74, 6) is 4.19. The Balaban J connectivity index is 2.05. The Morgan fingerprint density at radius 2 is 1.89 bits per heavy atom. The van der Waals surface area contributed by atoms with Crippen LogP contribution in [0.2, 0.25) is 0 Å². The van der Waals surface area contributed by atoms with Crippen molar-refractivity contribution in [1.82, 2.24) is 10.2 Å². The fourth-order valence-electron chi connectivity index (χ4n) is 4.80. The molecule has 1 aliphatic rings. The number of aromatic nitrogens is 2. The molecule has 0 saturated carbocycles. The molecule has 37 heavy (non-hydrogen) atoms. The van der Waals surface area contributed by atoms with E-state index in [0.29, 0.717) is 11.3 Å². The summed E-state index contributed by atoms with van der Waals surface area (Å²) in [6, 6.07) is 11.7. The first-order chi connectivity index (χ1) is 17.4. The predicted octanol–water partition coefficient (Wildman–Crippen LogP) is 4.26. The average Bonchev–Trinajstić information content (AvgIpc) is 3.21. The van der Waals surface area contributed by atoms with Crippen LogP contribution in [0.5, 0.6) is 5.88 Å². The number of ether oxygens (including phenoxy) is 1. The third-order valence-electron chi connectivity index (χ3n) is 6.38. The van der Waals surface area contributed by atoms with Gasteiger partial charge in [0.05, 0.1) is 22.1 Å². The summed E-state index contributed by atoms with van der Waals surface area (Å²) in [4.78, 5) is 11.8. The lowest BCUT2D eigenvalue weighted by Gasteiger charge is -2.41. The Bertz CT molecular complexity index is 1550. The molecule has 0 fully saturated rings. The van der Waals surface area contributed by atoms with Crippen molar-refractivity contribution in [3.63, 3.8) is 0 Å². The van der Waals surface area contributed by atoms with E-state index in [9.17, 15) is 23.2 Å². The third kappa shape index (κ3) is 4.17. The number of hydrogen-bond acceptors (Lipinski definition) is 5. The van der Waals surface area contributed by atoms with Gasteiger partial charge in [-0.2, -0.15) is 18.4 Å². The zero-order chi connectivity index (χ0) is 27.1. The molecule has 4 rings (SSSR count). The van der Waals surface area contributed by atoms with Crippen molar-refractivity contribution in [3.8, 4) is 23.8 Å². The Morgan fingerprint density at radius 3 is 2.51 bits per heavy atom. The maximum Gasteiger partial charge on any atom is 0.416 e. The van der Waals surface area contributed by atoms with Gasteiger partial charge in [0.15, 0.2) is 0 Å². The van der Waals surface area contributed by atoms with Crippen LogP contribution in [-0.4, -0.2) is 16.1 Å². The molecule has 3 aromatic rings. The lowest BCUT2D eigenvalue weighted by atomic mass is 9.61. The molecule has 0 bridgehead atoms. The largest absolute Gasteiger partial charge is 0.420 e. The highest BCUT2D eigenvalue weighted by atomic mass is 19.4. The van der Waals surface area contributed by atoms with Gasteiger partial charge in [0.1, 0.15) is 11.6 Å². The molecule has 0 radical (unpaired) electrons. The van der Waals surface area contributed by atoms with E-state index in [0.717, 1.165) is 12.1 Å². The van der Waals surface area contributed by atoms with E-state index in [-0.39, 0.29) is 39.6 Å². The number of amides is 1. The van der Waals surface area contributed by atoms with Crippen molar-refractivity contribution in [2.24, 2.45) is 17.4 Å². The molecule has 0 aliphatic carbocycles. The lowest BCUT2D eigenvalue weighted by molar-refractivity contribution is -0.137. The highest BCUT2D eigenvalue weighted by Gasteiger charge is 2.51. The molecule has 10 heteroatoms. The number of nitriles is 1. The number of H-pyrrole nitrogens is 1. The predicted molar refractivity (Wildman–Crippen MR) is 129 cm³/mol. The van der Waals surface area contributed by atoms with Gasteiger partial charge in [-0.1, -0.05) is 37.8 Å². The van der Waals surface area contributed by atoms with E-state index >= 15 is 0 Å². The van der Waals surface area contributed by atoms with Crippen LogP contribution in [0, 0.1) is 36.0 Å². The summed E-state index contributed by atoms with van der Waals surface area (Å²) >= 11 is 0. The zero-order valence-electron chi connectivity index (χ0n) is 20.1. The summed E-state index contributed by atoms with van der Waals surface area (Å²) < 4.78 is 47.8. The van der Waals surface area contributed by atoms with Gasteiger partial charge in [-0.25, -0.2) is 0 Å². The highest BCUT2D eigenvalue weighted by Crippen LogP contribution is 2.53. The van der Waals surface area contributed by atoms with E-state index in [1.54, 1.807) is 39.0 Å². The minimum Gasteiger partial charge on any atom is -0.420 e. The normalized spacial score (nSPS) is 16.9. The Labute approximate surface area is 210 Å². The average molecular weight is 506 g/mol. The fourth-order valence-corrected chi connectivity index (χ4v) is 4.80. The second kappa shape index (κ2) is 9.07. The van der Waals surface area contributed by atoms with E-state index in [1.165, 1.54) is 12.1 Å². The minimum atomic E-state index is -4.71. The number of aryl methyl sites for hydroxylation is 1. The van der Waals surface area contributed by atoms with Crippen molar-refractivity contribution >= 4 is 5.91 Å². The van der Waals surface area contributed by atoms with E-state index in [2.05, 4.69) is 28.1 Å². The molecule has 0 spiro atoms. The molecule has 1 amide bonds. The molecule has 1 aromatic heterocycles. The van der Waals surface area contributed by atoms with Crippen molar-refractivity contribution < 1.29 is 22.7 Å². The van der Waals surface area contributed by atoms with Gasteiger partial charge in [0.2, 0.25) is 17.7 Å². The number of aromatic amines is 1. The first-order valence-electron chi connectivity index (χ1n) is 11.2. The molecule has 2 heterocycles. The van der Waals surface area contributed by atoms with Gasteiger partial charge in [0, 0.05) is 16.8 Å². The molecule has 1 aliphatic heterocycles. The van der Waals surface area contributed by atoms with Gasteiger partial charge in [-0.05, 0) is 48.7 Å². The number of benzene rings is 2. The van der Waals surface area contributed by atoms with Crippen LogP contribution in [0.4, 0.5) is 13.2 Å². The fraction of sp³-hybridized carbons (Fsp3) is 0.222. The third-order valence-corrected chi connectivity index (χ3v) is 6.38. The van der Waals surface area contributed by atoms with E-state index < -0.39 is 29.0 Å². The molecule has 7 nitrogen and oxygen atoms in total. The van der Waals surface area contributed by atoms with Gasteiger partial charge in [0.25, 0.3) is 0 Å². The van der Waals surface area contributed by atoms with Gasteiger partial charge in [-0.15, -0.1) is 5.10 Å². The maximum atomic E-state index is 14.1. The van der Waals surface area contributed by atoms with Crippen LogP contribution in [0.1, 0.15) is 57.7 Å². The molecule has 1 unspecified atom stereocenters. The van der Waals surface area contributed by atoms with Crippen LogP contribution in [0.3, 0.4) is 0 Å². The number of nitrogens with two attached hydrogens (primary N) is 2. The number of halogens is 3. The van der Waals surface area contributed by atoms with Crippen LogP contribution in [-0.2, 0) is 11.6 Å². The molecule has 0 saturated heterocycles. The summed E-state index contributed by atoms with van der Waals surface area (Å²) in [5, 5.41) is 17.0. The van der Waals surface area contributed by atoms with Gasteiger partial charge >= 0.3 is 6.18 Å². The number of rotatable bonds is 3. The van der Waals surface area contributed by atoms with Crippen molar-refractivity contribution in [1.29, 1.82) is 5.26 Å². The van der Waals surface area contributed by atoms with Crippen LogP contribution < -0.4 is 16.2 Å². The van der Waals surface area contributed by atoms with Gasteiger partial charge in [-0.3, -0.25) is 9.89 Å². The summed E-state index contributed by atoms with van der Waals surface area (Å²) in [5.41, 5.74) is 10.6. The van der Waals surface area contributed by atoms with Crippen LogP contribution >= 0.6 is 0 Å². The quantitative estimate of drug-likeness (QED) is 0.458. The topological polar surface area (TPSA) is 131 Å². The molecular formula is C27H22F3N5O2. The first-order valence-corrected chi connectivity index (χ1v) is 11.2. The molecule has 2 aromatic carbocycles. The number of allylic oxidation sites excluding steroid dienone is 1. The molecular weight excluding hydrogens is 483 g/mol. The number of carbonyl (C=O) groups is 1. The summed E-state index contributed by atoms with van der Waals surface area (Å²) in [7, 11) is 0. The summed E-state index contributed by atoms with van der Waals surface area (Å²) in [6.45, 7) is 5.25. The standard InChI is InChI=1S/C27H22F3N5O2/c1-14(2)26(21(13-31)24(33)37-25-22(26)15(3)34-35-25)18-10-16(11-19(12-18)27(28,29)30)8-9-17-6-4-5-7-20(17)23(32)36/h4-7,10-12,14H,33H2,1-3H3,(H2,32,36)(H,34,35). The molecule has 1 atom stereocenters. The number of nitrogens with one attached hydrogen (secondary N) is 1. The maximum absolute atomic E-state index is 14.1.